The monoisotopic (exact) mass is 512 g/mol. The Hall–Kier alpha value is -2.60. The Labute approximate surface area is 202 Å². The van der Waals surface area contributed by atoms with Gasteiger partial charge in [0.1, 0.15) is 0 Å². The lowest BCUT2D eigenvalue weighted by atomic mass is 10.2. The molecule has 3 aromatic rings. The van der Waals surface area contributed by atoms with Crippen LogP contribution in [0, 0.1) is 10.1 Å². The maximum atomic E-state index is 13.4. The Kier molecular flexibility index (Phi) is 8.89. The van der Waals surface area contributed by atoms with Crippen LogP contribution in [0.3, 0.4) is 0 Å². The third kappa shape index (κ3) is 6.26. The van der Waals surface area contributed by atoms with Crippen molar-refractivity contribution >= 4 is 60.5 Å². The number of nitro groups is 1. The largest absolute Gasteiger partial charge is 0.302 e. The predicted octanol–water partition coefficient (Wildman–Crippen LogP) is 4.02. The molecule has 1 heterocycles. The normalized spacial score (nSPS) is 11.4. The van der Waals surface area contributed by atoms with Crippen molar-refractivity contribution in [3.63, 3.8) is 0 Å². The summed E-state index contributed by atoms with van der Waals surface area (Å²) in [6.07, 6.45) is 1.11. The molecule has 0 aliphatic rings. The van der Waals surface area contributed by atoms with Gasteiger partial charge in [-0.1, -0.05) is 25.2 Å². The van der Waals surface area contributed by atoms with Crippen LogP contribution in [0.25, 0.3) is 10.2 Å². The Bertz CT molecular complexity index is 1240. The average Bonchev–Trinajstić information content (AvgIpc) is 3.18. The van der Waals surface area contributed by atoms with Crippen molar-refractivity contribution in [2.45, 2.75) is 18.7 Å². The minimum absolute atomic E-state index is 0. The zero-order valence-electron chi connectivity index (χ0n) is 18.4. The van der Waals surface area contributed by atoms with Gasteiger partial charge in [-0.2, -0.15) is 0 Å². The van der Waals surface area contributed by atoms with E-state index in [1.165, 1.54) is 47.7 Å². The van der Waals surface area contributed by atoms with E-state index in [1.807, 2.05) is 13.8 Å². The third-order valence-electron chi connectivity index (χ3n) is 5.11. The van der Waals surface area contributed by atoms with Gasteiger partial charge in [0.05, 0.1) is 20.0 Å². The summed E-state index contributed by atoms with van der Waals surface area (Å²) < 4.78 is 24.1. The first-order valence-corrected chi connectivity index (χ1v) is 12.7. The number of benzene rings is 2. The zero-order valence-corrected chi connectivity index (χ0v) is 20.9. The number of amides is 1. The molecule has 3 rings (SSSR count). The molecule has 0 aliphatic carbocycles. The minimum Gasteiger partial charge on any atom is -0.302 e. The second-order valence-corrected chi connectivity index (χ2v) is 10.2. The SMILES string of the molecule is CCN(CC)CCN(C(=O)c1ccc(S(C)(=O)=O)cc1)c1nc2ccc([N+](=O)[O-])cc2s1.Cl. The number of aromatic nitrogens is 1. The highest BCUT2D eigenvalue weighted by Crippen LogP contribution is 2.32. The molecule has 0 aliphatic heterocycles. The Balaban J connectivity index is 0.00000385. The quantitative estimate of drug-likeness (QED) is 0.314. The number of nitrogens with zero attached hydrogens (tertiary/aromatic N) is 4. The molecule has 0 spiro atoms. The van der Waals surface area contributed by atoms with Crippen molar-refractivity contribution in [1.82, 2.24) is 9.88 Å². The van der Waals surface area contributed by atoms with E-state index in [4.69, 9.17) is 0 Å². The van der Waals surface area contributed by atoms with E-state index in [9.17, 15) is 23.3 Å². The van der Waals surface area contributed by atoms with Crippen molar-refractivity contribution in [2.24, 2.45) is 0 Å². The Morgan fingerprint density at radius 1 is 1.09 bits per heavy atom. The van der Waals surface area contributed by atoms with Crippen molar-refractivity contribution in [1.29, 1.82) is 0 Å². The first-order chi connectivity index (χ1) is 15.1. The summed E-state index contributed by atoms with van der Waals surface area (Å²) in [4.78, 5) is 32.4. The van der Waals surface area contributed by atoms with Crippen molar-refractivity contribution in [3.05, 3.63) is 58.1 Å². The molecule has 178 valence electrons. The molecule has 0 saturated carbocycles. The molecule has 0 radical (unpaired) electrons. The summed E-state index contributed by atoms with van der Waals surface area (Å²) in [6, 6.07) is 10.2. The summed E-state index contributed by atoms with van der Waals surface area (Å²) in [5.74, 6) is -0.314. The van der Waals surface area contributed by atoms with Gasteiger partial charge in [0.2, 0.25) is 0 Å². The van der Waals surface area contributed by atoms with E-state index in [0.29, 0.717) is 34.0 Å². The second-order valence-electron chi connectivity index (χ2n) is 7.19. The van der Waals surface area contributed by atoms with Crippen LogP contribution in [0.1, 0.15) is 24.2 Å². The molecule has 0 bridgehead atoms. The number of likely N-dealkylation sites (N-methyl/N-ethyl adjacent to an activating group) is 1. The van der Waals surface area contributed by atoms with Gasteiger partial charge in [-0.3, -0.25) is 19.8 Å². The van der Waals surface area contributed by atoms with E-state index < -0.39 is 14.8 Å². The predicted molar refractivity (Wildman–Crippen MR) is 133 cm³/mol. The summed E-state index contributed by atoms with van der Waals surface area (Å²) in [5.41, 5.74) is 0.871. The number of carbonyl (C=O) groups excluding carboxylic acids is 1. The van der Waals surface area contributed by atoms with Crippen LogP contribution in [0.4, 0.5) is 10.8 Å². The molecular formula is C21H25ClN4O5S2. The summed E-state index contributed by atoms with van der Waals surface area (Å²) in [6.45, 7) is 6.72. The van der Waals surface area contributed by atoms with Gasteiger partial charge < -0.3 is 4.90 Å². The molecule has 0 atom stereocenters. The number of halogens is 1. The molecule has 0 N–H and O–H groups in total. The fourth-order valence-corrected chi connectivity index (χ4v) is 4.85. The van der Waals surface area contributed by atoms with E-state index in [1.54, 1.807) is 11.0 Å². The number of sulfone groups is 1. The number of thiazole rings is 1. The number of carbonyl (C=O) groups is 1. The van der Waals surface area contributed by atoms with Crippen LogP contribution in [-0.4, -0.2) is 61.6 Å². The number of rotatable bonds is 9. The van der Waals surface area contributed by atoms with Crippen LogP contribution in [-0.2, 0) is 9.84 Å². The third-order valence-corrected chi connectivity index (χ3v) is 7.28. The molecule has 2 aromatic carbocycles. The number of non-ortho nitro benzene ring substituents is 1. The molecule has 33 heavy (non-hydrogen) atoms. The van der Waals surface area contributed by atoms with E-state index >= 15 is 0 Å². The number of nitro benzene ring substituents is 1. The first-order valence-electron chi connectivity index (χ1n) is 10.0. The maximum Gasteiger partial charge on any atom is 0.270 e. The highest BCUT2D eigenvalue weighted by molar-refractivity contribution is 7.90. The molecule has 9 nitrogen and oxygen atoms in total. The number of fused-ring (bicyclic) bond motifs is 1. The van der Waals surface area contributed by atoms with Crippen LogP contribution in [0.2, 0.25) is 0 Å². The topological polar surface area (TPSA) is 114 Å². The number of hydrogen-bond acceptors (Lipinski definition) is 8. The highest BCUT2D eigenvalue weighted by Gasteiger charge is 2.23. The van der Waals surface area contributed by atoms with Crippen molar-refractivity contribution in [2.75, 3.05) is 37.3 Å². The second kappa shape index (κ2) is 11.0. The van der Waals surface area contributed by atoms with Gasteiger partial charge in [-0.05, 0) is 43.4 Å². The van der Waals surface area contributed by atoms with Gasteiger partial charge in [0.25, 0.3) is 11.6 Å². The van der Waals surface area contributed by atoms with Gasteiger partial charge in [-0.25, -0.2) is 13.4 Å². The van der Waals surface area contributed by atoms with Crippen LogP contribution >= 0.6 is 23.7 Å². The van der Waals surface area contributed by atoms with Gasteiger partial charge >= 0.3 is 0 Å². The smallest absolute Gasteiger partial charge is 0.270 e. The van der Waals surface area contributed by atoms with Crippen LogP contribution in [0.15, 0.2) is 47.4 Å². The summed E-state index contributed by atoms with van der Waals surface area (Å²) in [5, 5.41) is 11.5. The molecule has 0 saturated heterocycles. The standard InChI is InChI=1S/C21H24N4O5S2.ClH/c1-4-23(5-2)12-13-24(20(26)15-6-9-17(10-7-15)32(3,29)30)21-22-18-11-8-16(25(27)28)14-19(18)31-21;/h6-11,14H,4-5,12-13H2,1-3H3;1H. The molecule has 1 aromatic heterocycles. The van der Waals surface area contributed by atoms with Gasteiger partial charge in [0, 0.05) is 37.0 Å². The lowest BCUT2D eigenvalue weighted by Gasteiger charge is -2.24. The number of hydrogen-bond donors (Lipinski definition) is 0. The van der Waals surface area contributed by atoms with E-state index in [0.717, 1.165) is 19.3 Å². The minimum atomic E-state index is -3.37. The molecule has 0 fully saturated rings. The Morgan fingerprint density at radius 3 is 2.27 bits per heavy atom. The fourth-order valence-electron chi connectivity index (χ4n) is 3.20. The highest BCUT2D eigenvalue weighted by atomic mass is 35.5. The summed E-state index contributed by atoms with van der Waals surface area (Å²) in [7, 11) is -3.37. The molecule has 12 heteroatoms. The van der Waals surface area contributed by atoms with Gasteiger partial charge in [-0.15, -0.1) is 12.4 Å². The maximum absolute atomic E-state index is 13.4. The number of anilines is 1. The van der Waals surface area contributed by atoms with Crippen molar-refractivity contribution < 1.29 is 18.1 Å². The fraction of sp³-hybridized carbons (Fsp3) is 0.333. The lowest BCUT2D eigenvalue weighted by molar-refractivity contribution is -0.384. The lowest BCUT2D eigenvalue weighted by Crippen LogP contribution is -2.38. The Morgan fingerprint density at radius 2 is 1.73 bits per heavy atom. The first kappa shape index (κ1) is 26.7. The average molecular weight is 513 g/mol. The van der Waals surface area contributed by atoms with Crippen molar-refractivity contribution in [3.8, 4) is 0 Å². The van der Waals surface area contributed by atoms with E-state index in [2.05, 4.69) is 9.88 Å². The molecule has 0 unspecified atom stereocenters. The van der Waals surface area contributed by atoms with Crippen LogP contribution in [0.5, 0.6) is 0 Å². The van der Waals surface area contributed by atoms with Crippen LogP contribution < -0.4 is 4.90 Å². The van der Waals surface area contributed by atoms with E-state index in [-0.39, 0.29) is 28.9 Å². The van der Waals surface area contributed by atoms with Gasteiger partial charge in [0.15, 0.2) is 15.0 Å². The molecule has 1 amide bonds. The summed E-state index contributed by atoms with van der Waals surface area (Å²) >= 11 is 1.21. The zero-order chi connectivity index (χ0) is 23.5. The molecular weight excluding hydrogens is 488 g/mol.